The molecule has 1 unspecified atom stereocenters. The van der Waals surface area contributed by atoms with E-state index in [1.807, 2.05) is 81.4 Å². The minimum Gasteiger partial charge on any atom is -0.344 e. The molecule has 0 spiro atoms. The van der Waals surface area contributed by atoms with E-state index in [0.29, 0.717) is 17.2 Å². The fourth-order valence-electron chi connectivity index (χ4n) is 2.93. The van der Waals surface area contributed by atoms with Crippen LogP contribution in [0, 0.1) is 0 Å². The minimum absolute atomic E-state index is 0.0204. The van der Waals surface area contributed by atoms with Gasteiger partial charge in [0.15, 0.2) is 0 Å². The molecule has 0 bridgehead atoms. The Balaban J connectivity index is 1.63. The summed E-state index contributed by atoms with van der Waals surface area (Å²) in [4.78, 5) is 31.4. The first kappa shape index (κ1) is 21.5. The Kier molecular flexibility index (Phi) is 7.19. The van der Waals surface area contributed by atoms with E-state index >= 15 is 0 Å². The van der Waals surface area contributed by atoms with Gasteiger partial charge in [-0.3, -0.25) is 4.79 Å². The summed E-state index contributed by atoms with van der Waals surface area (Å²) >= 11 is 1.38. The number of thiazole rings is 1. The summed E-state index contributed by atoms with van der Waals surface area (Å²) in [6.07, 6.45) is 0. The third kappa shape index (κ3) is 5.67. The lowest BCUT2D eigenvalue weighted by atomic mass is 10.1. The van der Waals surface area contributed by atoms with Crippen molar-refractivity contribution in [3.63, 3.8) is 0 Å². The van der Waals surface area contributed by atoms with E-state index in [9.17, 15) is 9.59 Å². The molecule has 0 aliphatic rings. The van der Waals surface area contributed by atoms with Crippen molar-refractivity contribution < 1.29 is 9.59 Å². The van der Waals surface area contributed by atoms with E-state index in [-0.39, 0.29) is 24.0 Å². The van der Waals surface area contributed by atoms with Crippen LogP contribution >= 0.6 is 11.3 Å². The highest BCUT2D eigenvalue weighted by molar-refractivity contribution is 7.09. The minimum atomic E-state index is -0.223. The fourth-order valence-corrected chi connectivity index (χ4v) is 3.71. The van der Waals surface area contributed by atoms with Gasteiger partial charge in [-0.25, -0.2) is 9.78 Å². The largest absolute Gasteiger partial charge is 0.344 e. The number of carbonyl (C=O) groups is 2. The van der Waals surface area contributed by atoms with Crippen LogP contribution in [-0.4, -0.2) is 27.9 Å². The van der Waals surface area contributed by atoms with Gasteiger partial charge in [0, 0.05) is 17.1 Å². The molecule has 1 aromatic heterocycles. The van der Waals surface area contributed by atoms with Crippen molar-refractivity contribution in [2.24, 2.45) is 0 Å². The van der Waals surface area contributed by atoms with Crippen LogP contribution in [0.4, 0.5) is 10.5 Å². The molecule has 2 N–H and O–H groups in total. The molecule has 3 amide bonds. The van der Waals surface area contributed by atoms with Gasteiger partial charge < -0.3 is 15.5 Å². The Hall–Kier alpha value is -3.19. The first-order valence-electron chi connectivity index (χ1n) is 9.87. The Morgan fingerprint density at radius 1 is 1.00 bits per heavy atom. The first-order valence-corrected chi connectivity index (χ1v) is 10.7. The zero-order valence-electron chi connectivity index (χ0n) is 17.3. The smallest absolute Gasteiger partial charge is 0.322 e. The van der Waals surface area contributed by atoms with E-state index in [0.717, 1.165) is 11.3 Å². The lowest BCUT2D eigenvalue weighted by Crippen LogP contribution is -2.39. The van der Waals surface area contributed by atoms with Gasteiger partial charge in [-0.15, -0.1) is 11.3 Å². The molecule has 3 rings (SSSR count). The molecule has 0 fully saturated rings. The van der Waals surface area contributed by atoms with Crippen LogP contribution in [0.25, 0.3) is 0 Å². The molecule has 0 saturated heterocycles. The predicted molar refractivity (Wildman–Crippen MR) is 121 cm³/mol. The van der Waals surface area contributed by atoms with E-state index in [1.165, 1.54) is 11.3 Å². The van der Waals surface area contributed by atoms with Gasteiger partial charge >= 0.3 is 6.03 Å². The van der Waals surface area contributed by atoms with Crippen LogP contribution in [-0.2, 0) is 6.54 Å². The molecule has 2 aromatic carbocycles. The Bertz CT molecular complexity index is 973. The number of aromatic nitrogens is 1. The van der Waals surface area contributed by atoms with Crippen LogP contribution < -0.4 is 10.6 Å². The number of nitrogens with zero attached hydrogens (tertiary/aromatic N) is 2. The van der Waals surface area contributed by atoms with Crippen LogP contribution in [0.2, 0.25) is 0 Å². The molecule has 3 aromatic rings. The summed E-state index contributed by atoms with van der Waals surface area (Å²) in [5.41, 5.74) is 2.14. The van der Waals surface area contributed by atoms with Crippen molar-refractivity contribution in [3.8, 4) is 0 Å². The summed E-state index contributed by atoms with van der Waals surface area (Å²) in [6.45, 7) is 6.18. The fraction of sp³-hybridized carbons (Fsp3) is 0.261. The number of hydrogen-bond donors (Lipinski definition) is 2. The summed E-state index contributed by atoms with van der Waals surface area (Å²) in [5, 5.41) is 8.32. The van der Waals surface area contributed by atoms with Crippen molar-refractivity contribution in [2.45, 2.75) is 39.4 Å². The van der Waals surface area contributed by atoms with Crippen molar-refractivity contribution in [1.29, 1.82) is 0 Å². The molecule has 0 aliphatic carbocycles. The second-order valence-corrected chi connectivity index (χ2v) is 8.19. The Morgan fingerprint density at radius 3 is 2.27 bits per heavy atom. The molecule has 156 valence electrons. The lowest BCUT2D eigenvalue weighted by Gasteiger charge is -2.26. The van der Waals surface area contributed by atoms with Gasteiger partial charge in [0.05, 0.1) is 12.6 Å². The van der Waals surface area contributed by atoms with E-state index in [2.05, 4.69) is 15.6 Å². The summed E-state index contributed by atoms with van der Waals surface area (Å²) in [5.74, 6) is -0.223. The Labute approximate surface area is 181 Å². The summed E-state index contributed by atoms with van der Waals surface area (Å²) < 4.78 is 0. The average molecular weight is 423 g/mol. The maximum absolute atomic E-state index is 12.7. The number of amides is 3. The molecule has 0 aliphatic heterocycles. The topological polar surface area (TPSA) is 74.3 Å². The van der Waals surface area contributed by atoms with Crippen LogP contribution in [0.5, 0.6) is 0 Å². The molecule has 0 saturated carbocycles. The molecule has 6 nitrogen and oxygen atoms in total. The number of benzene rings is 2. The maximum atomic E-state index is 12.7. The molecular formula is C23H26N4O2S. The summed E-state index contributed by atoms with van der Waals surface area (Å²) in [7, 11) is 0. The predicted octanol–water partition coefficient (Wildman–Crippen LogP) is 5.08. The zero-order valence-corrected chi connectivity index (χ0v) is 18.1. The van der Waals surface area contributed by atoms with Gasteiger partial charge in [0.2, 0.25) is 0 Å². The number of hydrogen-bond acceptors (Lipinski definition) is 4. The second-order valence-electron chi connectivity index (χ2n) is 7.25. The normalized spacial score (nSPS) is 11.7. The van der Waals surface area contributed by atoms with E-state index < -0.39 is 0 Å². The highest BCUT2D eigenvalue weighted by atomic mass is 32.1. The van der Waals surface area contributed by atoms with Gasteiger partial charge in [0.1, 0.15) is 10.7 Å². The zero-order chi connectivity index (χ0) is 21.5. The molecular weight excluding hydrogens is 396 g/mol. The summed E-state index contributed by atoms with van der Waals surface area (Å²) in [6, 6.07) is 18.8. The van der Waals surface area contributed by atoms with Crippen molar-refractivity contribution >= 4 is 29.0 Å². The average Bonchev–Trinajstić information content (AvgIpc) is 3.22. The van der Waals surface area contributed by atoms with E-state index in [1.54, 1.807) is 10.3 Å². The molecule has 0 radical (unpaired) electrons. The molecule has 7 heteroatoms. The van der Waals surface area contributed by atoms with Crippen molar-refractivity contribution in [1.82, 2.24) is 15.2 Å². The standard InChI is InChI=1S/C23H26N4O2S/c1-16(2)27(23(29)25-19-12-8-5-9-13-19)14-21-26-20(15-30-21)22(28)24-17(3)18-10-6-4-7-11-18/h4-13,15-17H,14H2,1-3H3,(H,24,28)(H,25,29). The van der Waals surface area contributed by atoms with Gasteiger partial charge in [-0.1, -0.05) is 48.5 Å². The maximum Gasteiger partial charge on any atom is 0.322 e. The number of urea groups is 1. The highest BCUT2D eigenvalue weighted by Gasteiger charge is 2.21. The monoisotopic (exact) mass is 422 g/mol. The van der Waals surface area contributed by atoms with E-state index in [4.69, 9.17) is 0 Å². The van der Waals surface area contributed by atoms with Gasteiger partial charge in [0.25, 0.3) is 5.91 Å². The molecule has 1 heterocycles. The van der Waals surface area contributed by atoms with Crippen molar-refractivity contribution in [3.05, 3.63) is 82.3 Å². The highest BCUT2D eigenvalue weighted by Crippen LogP contribution is 2.18. The van der Waals surface area contributed by atoms with Gasteiger partial charge in [-0.2, -0.15) is 0 Å². The molecule has 1 atom stereocenters. The number of para-hydroxylation sites is 1. The first-order chi connectivity index (χ1) is 14.4. The van der Waals surface area contributed by atoms with Crippen LogP contribution in [0.1, 0.15) is 47.9 Å². The quantitative estimate of drug-likeness (QED) is 0.558. The third-order valence-corrected chi connectivity index (χ3v) is 5.48. The lowest BCUT2D eigenvalue weighted by molar-refractivity contribution is 0.0935. The SMILES string of the molecule is CC(NC(=O)c1csc(CN(C(=O)Nc2ccccc2)C(C)C)n1)c1ccccc1. The Morgan fingerprint density at radius 2 is 1.63 bits per heavy atom. The second kappa shape index (κ2) is 10.0. The number of anilines is 1. The number of nitrogens with one attached hydrogen (secondary N) is 2. The molecule has 30 heavy (non-hydrogen) atoms. The van der Waals surface area contributed by atoms with Crippen LogP contribution in [0.3, 0.4) is 0 Å². The third-order valence-electron chi connectivity index (χ3n) is 4.65. The van der Waals surface area contributed by atoms with Crippen molar-refractivity contribution in [2.75, 3.05) is 5.32 Å². The number of rotatable bonds is 7. The van der Waals surface area contributed by atoms with Gasteiger partial charge in [-0.05, 0) is 38.5 Å². The van der Waals surface area contributed by atoms with Crippen LogP contribution in [0.15, 0.2) is 66.0 Å². The number of carbonyl (C=O) groups excluding carboxylic acids is 2.